The van der Waals surface area contributed by atoms with Crippen molar-refractivity contribution in [3.05, 3.63) is 17.0 Å². The number of aromatic nitrogens is 2. The molecule has 1 aliphatic carbocycles. The van der Waals surface area contributed by atoms with Crippen LogP contribution in [0.5, 0.6) is 0 Å². The summed E-state index contributed by atoms with van der Waals surface area (Å²) in [4.78, 5) is 12.8. The summed E-state index contributed by atoms with van der Waals surface area (Å²) in [6.45, 7) is 6.48. The Morgan fingerprint density at radius 2 is 2.21 bits per heavy atom. The van der Waals surface area contributed by atoms with Crippen molar-refractivity contribution in [2.75, 3.05) is 13.7 Å². The van der Waals surface area contributed by atoms with Gasteiger partial charge in [-0.15, -0.1) is 0 Å². The van der Waals surface area contributed by atoms with Crippen molar-refractivity contribution >= 4 is 5.91 Å². The van der Waals surface area contributed by atoms with Crippen LogP contribution < -0.4 is 5.32 Å². The van der Waals surface area contributed by atoms with Crippen molar-refractivity contribution in [1.82, 2.24) is 15.1 Å². The highest BCUT2D eigenvalue weighted by Crippen LogP contribution is 2.36. The van der Waals surface area contributed by atoms with Gasteiger partial charge in [0.2, 0.25) is 0 Å². The lowest BCUT2D eigenvalue weighted by Gasteiger charge is -2.39. The summed E-state index contributed by atoms with van der Waals surface area (Å²) >= 11 is 0. The van der Waals surface area contributed by atoms with Crippen molar-refractivity contribution < 1.29 is 18.7 Å². The first kappa shape index (κ1) is 17.4. The van der Waals surface area contributed by atoms with Gasteiger partial charge in [-0.2, -0.15) is 5.10 Å². The molecule has 3 rings (SSSR count). The Labute approximate surface area is 141 Å². The molecular weight excluding hydrogens is 313 g/mol. The normalized spacial score (nSPS) is 32.1. The predicted molar refractivity (Wildman–Crippen MR) is 86.8 cm³/mol. The topological polar surface area (TPSA) is 65.4 Å². The Kier molecular flexibility index (Phi) is 4.66. The Bertz CT molecular complexity index is 621. The molecule has 2 atom stereocenters. The Balaban J connectivity index is 1.85. The second-order valence-corrected chi connectivity index (χ2v) is 7.21. The summed E-state index contributed by atoms with van der Waals surface area (Å²) < 4.78 is 26.3. The third-order valence-electron chi connectivity index (χ3n) is 4.80. The molecule has 0 spiro atoms. The molecule has 24 heavy (non-hydrogen) atoms. The van der Waals surface area contributed by atoms with Gasteiger partial charge in [0.05, 0.1) is 31.1 Å². The third-order valence-corrected chi connectivity index (χ3v) is 4.80. The van der Waals surface area contributed by atoms with Crippen molar-refractivity contribution in [3.8, 4) is 0 Å². The molecule has 1 saturated carbocycles. The Morgan fingerprint density at radius 3 is 2.83 bits per heavy atom. The van der Waals surface area contributed by atoms with E-state index in [0.717, 1.165) is 11.3 Å². The number of amides is 1. The van der Waals surface area contributed by atoms with Gasteiger partial charge in [0.1, 0.15) is 11.4 Å². The quantitative estimate of drug-likeness (QED) is 0.893. The zero-order valence-electron chi connectivity index (χ0n) is 14.8. The second kappa shape index (κ2) is 6.44. The Morgan fingerprint density at radius 1 is 1.50 bits per heavy atom. The van der Waals surface area contributed by atoms with E-state index in [1.54, 1.807) is 18.7 Å². The number of nitrogens with one attached hydrogen (secondary N) is 1. The molecule has 134 valence electrons. The van der Waals surface area contributed by atoms with E-state index in [1.807, 2.05) is 13.8 Å². The van der Waals surface area contributed by atoms with Gasteiger partial charge >= 0.3 is 0 Å². The number of carbonyl (C=O) groups excluding carboxylic acids is 1. The molecule has 1 aromatic heterocycles. The average Bonchev–Trinajstić information content (AvgIpc) is 2.81. The number of fused-ring (bicyclic) bond motifs is 1. The van der Waals surface area contributed by atoms with Crippen LogP contribution in [-0.4, -0.2) is 47.2 Å². The summed E-state index contributed by atoms with van der Waals surface area (Å²) in [7, 11) is 1.62. The fourth-order valence-electron chi connectivity index (χ4n) is 3.71. The van der Waals surface area contributed by atoms with Gasteiger partial charge in [0.15, 0.2) is 0 Å². The van der Waals surface area contributed by atoms with Crippen LogP contribution in [-0.2, 0) is 22.4 Å². The highest BCUT2D eigenvalue weighted by Gasteiger charge is 2.42. The van der Waals surface area contributed by atoms with Crippen LogP contribution in [0.25, 0.3) is 0 Å². The standard InChI is InChI=1S/C17H26FN3O3/c1-10-7-13-14(11(2)24-10)20-21(5-6-23-4)15(13)16(22)19-12-8-17(3,18)9-12/h10-12H,5-9H2,1-4H3,(H,19,22)/t10-,11+,12?,17?/m0/s1. The lowest BCUT2D eigenvalue weighted by atomic mass is 9.79. The molecule has 7 heteroatoms. The summed E-state index contributed by atoms with van der Waals surface area (Å²) in [5.41, 5.74) is 1.16. The van der Waals surface area contributed by atoms with E-state index in [-0.39, 0.29) is 24.2 Å². The van der Waals surface area contributed by atoms with Gasteiger partial charge in [0.25, 0.3) is 5.91 Å². The molecule has 0 bridgehead atoms. The molecule has 0 unspecified atom stereocenters. The lowest BCUT2D eigenvalue weighted by molar-refractivity contribution is -0.00717. The van der Waals surface area contributed by atoms with E-state index >= 15 is 0 Å². The summed E-state index contributed by atoms with van der Waals surface area (Å²) in [6.07, 6.45) is 1.28. The van der Waals surface area contributed by atoms with Crippen LogP contribution in [0.3, 0.4) is 0 Å². The zero-order chi connectivity index (χ0) is 17.5. The maximum Gasteiger partial charge on any atom is 0.270 e. The number of ether oxygens (including phenoxy) is 2. The average molecular weight is 339 g/mol. The molecule has 1 aliphatic heterocycles. The van der Waals surface area contributed by atoms with Crippen molar-refractivity contribution in [1.29, 1.82) is 0 Å². The van der Waals surface area contributed by atoms with Crippen LogP contribution in [0.15, 0.2) is 0 Å². The molecule has 0 radical (unpaired) electrons. The van der Waals surface area contributed by atoms with E-state index < -0.39 is 5.67 Å². The van der Waals surface area contributed by atoms with Crippen LogP contribution in [0, 0.1) is 0 Å². The summed E-state index contributed by atoms with van der Waals surface area (Å²) in [5.74, 6) is -0.179. The maximum atomic E-state index is 13.7. The molecule has 6 nitrogen and oxygen atoms in total. The minimum atomic E-state index is -1.16. The molecule has 1 aromatic rings. The monoisotopic (exact) mass is 339 g/mol. The largest absolute Gasteiger partial charge is 0.383 e. The van der Waals surface area contributed by atoms with Crippen LogP contribution >= 0.6 is 0 Å². The minimum Gasteiger partial charge on any atom is -0.383 e. The number of carbonyl (C=O) groups is 1. The minimum absolute atomic E-state index is 0.0389. The van der Waals surface area contributed by atoms with Crippen molar-refractivity contribution in [2.45, 2.75) is 70.5 Å². The molecule has 1 amide bonds. The molecular formula is C17H26FN3O3. The van der Waals surface area contributed by atoms with Gasteiger partial charge < -0.3 is 14.8 Å². The van der Waals surface area contributed by atoms with Crippen molar-refractivity contribution in [3.63, 3.8) is 0 Å². The second-order valence-electron chi connectivity index (χ2n) is 7.21. The van der Waals surface area contributed by atoms with E-state index in [0.29, 0.717) is 38.1 Å². The lowest BCUT2D eigenvalue weighted by Crippen LogP contribution is -2.51. The predicted octanol–water partition coefficient (Wildman–Crippen LogP) is 2.17. The fourth-order valence-corrected chi connectivity index (χ4v) is 3.71. The molecule has 0 aromatic carbocycles. The Hall–Kier alpha value is -1.47. The third kappa shape index (κ3) is 3.32. The van der Waals surface area contributed by atoms with E-state index in [9.17, 15) is 9.18 Å². The number of rotatable bonds is 5. The number of alkyl halides is 1. The van der Waals surface area contributed by atoms with E-state index in [4.69, 9.17) is 9.47 Å². The fraction of sp³-hybridized carbons (Fsp3) is 0.765. The van der Waals surface area contributed by atoms with Crippen LogP contribution in [0.1, 0.15) is 61.5 Å². The van der Waals surface area contributed by atoms with E-state index in [2.05, 4.69) is 10.4 Å². The van der Waals surface area contributed by atoms with Crippen LogP contribution in [0.4, 0.5) is 4.39 Å². The van der Waals surface area contributed by atoms with Gasteiger partial charge in [-0.1, -0.05) is 0 Å². The zero-order valence-corrected chi connectivity index (χ0v) is 14.8. The number of nitrogens with zero attached hydrogens (tertiary/aromatic N) is 2. The van der Waals surface area contributed by atoms with Gasteiger partial charge in [0, 0.05) is 38.0 Å². The molecule has 1 fully saturated rings. The maximum absolute atomic E-state index is 13.7. The number of methoxy groups -OCH3 is 1. The SMILES string of the molecule is COCCn1nc2c(c1C(=O)NC1CC(C)(F)C1)C[C@H](C)O[C@@H]2C. The first-order chi connectivity index (χ1) is 11.3. The highest BCUT2D eigenvalue weighted by molar-refractivity contribution is 5.94. The van der Waals surface area contributed by atoms with Gasteiger partial charge in [-0.25, -0.2) is 4.39 Å². The molecule has 1 N–H and O–H groups in total. The molecule has 2 aliphatic rings. The van der Waals surface area contributed by atoms with Crippen LogP contribution in [0.2, 0.25) is 0 Å². The number of halogens is 1. The number of hydrogen-bond donors (Lipinski definition) is 1. The van der Waals surface area contributed by atoms with Gasteiger partial charge in [-0.05, 0) is 20.8 Å². The molecule has 0 saturated heterocycles. The smallest absolute Gasteiger partial charge is 0.270 e. The first-order valence-electron chi connectivity index (χ1n) is 8.54. The molecule has 2 heterocycles. The highest BCUT2D eigenvalue weighted by atomic mass is 19.1. The summed E-state index contributed by atoms with van der Waals surface area (Å²) in [5, 5.41) is 7.53. The summed E-state index contributed by atoms with van der Waals surface area (Å²) in [6, 6.07) is -0.108. The van der Waals surface area contributed by atoms with Gasteiger partial charge in [-0.3, -0.25) is 9.48 Å². The first-order valence-corrected chi connectivity index (χ1v) is 8.54. The number of hydrogen-bond acceptors (Lipinski definition) is 4. The van der Waals surface area contributed by atoms with E-state index in [1.165, 1.54) is 0 Å². The van der Waals surface area contributed by atoms with Crippen molar-refractivity contribution in [2.24, 2.45) is 0 Å².